The van der Waals surface area contributed by atoms with Gasteiger partial charge in [0.05, 0.1) is 0 Å². The van der Waals surface area contributed by atoms with Gasteiger partial charge in [-0.25, -0.2) is 0 Å². The molecule has 0 radical (unpaired) electrons. The molecule has 4 atom stereocenters. The Kier molecular flexibility index (Phi) is 4.71. The van der Waals surface area contributed by atoms with Crippen molar-refractivity contribution in [3.05, 3.63) is 64.7 Å². The molecule has 0 aliphatic heterocycles. The van der Waals surface area contributed by atoms with Gasteiger partial charge in [-0.2, -0.15) is 0 Å². The first-order valence-electron chi connectivity index (χ1n) is 11.0. The second kappa shape index (κ2) is 7.03. The third-order valence-corrected chi connectivity index (χ3v) is 7.94. The van der Waals surface area contributed by atoms with Crippen LogP contribution in [-0.2, 0) is 13.2 Å². The number of rotatable bonds is 6. The number of halogens is 1. The zero-order chi connectivity index (χ0) is 20.1. The van der Waals surface area contributed by atoms with E-state index in [1.165, 1.54) is 44.1 Å². The van der Waals surface area contributed by atoms with Gasteiger partial charge in [0, 0.05) is 22.7 Å². The van der Waals surface area contributed by atoms with Gasteiger partial charge in [-0.15, -0.1) is 0 Å². The fourth-order valence-corrected chi connectivity index (χ4v) is 7.60. The van der Waals surface area contributed by atoms with E-state index in [9.17, 15) is 0 Å². The van der Waals surface area contributed by atoms with E-state index < -0.39 is 0 Å². The molecule has 2 aromatic rings. The van der Waals surface area contributed by atoms with E-state index in [0.717, 1.165) is 28.8 Å². The Morgan fingerprint density at radius 1 is 0.931 bits per heavy atom. The molecule has 3 heteroatoms. The van der Waals surface area contributed by atoms with Crippen molar-refractivity contribution in [1.82, 2.24) is 5.32 Å². The van der Waals surface area contributed by atoms with Crippen LogP contribution < -0.4 is 10.1 Å². The molecule has 2 aromatic carbocycles. The third kappa shape index (κ3) is 3.94. The van der Waals surface area contributed by atoms with Crippen LogP contribution in [0.2, 0.25) is 5.02 Å². The highest BCUT2D eigenvalue weighted by Crippen LogP contribution is 2.66. The first-order valence-corrected chi connectivity index (χ1v) is 11.4. The number of nitrogens with one attached hydrogen (secondary N) is 1. The van der Waals surface area contributed by atoms with E-state index >= 15 is 0 Å². The minimum atomic E-state index is 0.349. The summed E-state index contributed by atoms with van der Waals surface area (Å²) in [6.45, 7) is 6.52. The molecule has 2 nitrogen and oxygen atoms in total. The highest BCUT2D eigenvalue weighted by molar-refractivity contribution is 6.31. The molecule has 0 saturated heterocycles. The fourth-order valence-electron chi connectivity index (χ4n) is 7.41. The second-order valence-electron chi connectivity index (χ2n) is 10.8. The average Bonchev–Trinajstić information content (AvgIpc) is 2.64. The van der Waals surface area contributed by atoms with Gasteiger partial charge in [0.25, 0.3) is 0 Å². The molecule has 4 aliphatic carbocycles. The zero-order valence-corrected chi connectivity index (χ0v) is 18.4. The summed E-state index contributed by atoms with van der Waals surface area (Å²) in [7, 11) is 0. The quantitative estimate of drug-likeness (QED) is 0.569. The van der Waals surface area contributed by atoms with Crippen molar-refractivity contribution in [2.75, 3.05) is 0 Å². The molecule has 4 bridgehead atoms. The van der Waals surface area contributed by atoms with Gasteiger partial charge >= 0.3 is 0 Å². The largest absolute Gasteiger partial charge is 0.489 e. The summed E-state index contributed by atoms with van der Waals surface area (Å²) >= 11 is 6.22. The Morgan fingerprint density at radius 3 is 2.28 bits per heavy atom. The van der Waals surface area contributed by atoms with Crippen LogP contribution in [0.4, 0.5) is 0 Å². The van der Waals surface area contributed by atoms with Gasteiger partial charge in [0.1, 0.15) is 12.4 Å². The van der Waals surface area contributed by atoms with E-state index in [4.69, 9.17) is 16.3 Å². The lowest BCUT2D eigenvalue weighted by Gasteiger charge is -2.65. The molecule has 4 aliphatic rings. The summed E-state index contributed by atoms with van der Waals surface area (Å²) in [5.41, 5.74) is 3.81. The highest BCUT2D eigenvalue weighted by Gasteiger charge is 2.59. The van der Waals surface area contributed by atoms with Crippen LogP contribution in [0.25, 0.3) is 0 Å². The van der Waals surface area contributed by atoms with Crippen molar-refractivity contribution in [2.24, 2.45) is 16.7 Å². The summed E-state index contributed by atoms with van der Waals surface area (Å²) in [6, 6.07) is 16.4. The molecule has 0 heterocycles. The fraction of sp³-hybridized carbons (Fsp3) is 0.538. The van der Waals surface area contributed by atoms with E-state index in [1.54, 1.807) is 0 Å². The lowest BCUT2D eigenvalue weighted by Crippen LogP contribution is -2.63. The lowest BCUT2D eigenvalue weighted by atomic mass is 9.43. The molecule has 4 saturated carbocycles. The molecule has 154 valence electrons. The molecular formula is C26H32ClNO. The maximum Gasteiger partial charge on any atom is 0.119 e. The monoisotopic (exact) mass is 409 g/mol. The smallest absolute Gasteiger partial charge is 0.119 e. The standard InChI is InChI=1S/C26H32ClNO/c1-24-11-20-12-25(2,16-24)18-26(13-20,17-24)28-14-19-7-9-22(10-8-19)29-15-21-5-3-4-6-23(21)27/h3-10,20,28H,11-18H2,1-2H3/t20?,24-,25+,26?. The Bertz CT molecular complexity index is 874. The summed E-state index contributed by atoms with van der Waals surface area (Å²) in [5.74, 6) is 1.82. The van der Waals surface area contributed by atoms with Gasteiger partial charge in [0.2, 0.25) is 0 Å². The van der Waals surface area contributed by atoms with E-state index in [2.05, 4.69) is 43.4 Å². The summed E-state index contributed by atoms with van der Waals surface area (Å²) in [5, 5.41) is 4.78. The van der Waals surface area contributed by atoms with Crippen molar-refractivity contribution >= 4 is 11.6 Å². The average molecular weight is 410 g/mol. The summed E-state index contributed by atoms with van der Waals surface area (Å²) < 4.78 is 5.93. The molecule has 4 fully saturated rings. The van der Waals surface area contributed by atoms with E-state index in [0.29, 0.717) is 23.0 Å². The lowest BCUT2D eigenvalue weighted by molar-refractivity contribution is -0.118. The van der Waals surface area contributed by atoms with Crippen molar-refractivity contribution in [3.63, 3.8) is 0 Å². The van der Waals surface area contributed by atoms with Gasteiger partial charge in [-0.05, 0) is 79.0 Å². The maximum atomic E-state index is 6.22. The number of hydrogen-bond donors (Lipinski definition) is 1. The van der Waals surface area contributed by atoms with Crippen molar-refractivity contribution in [2.45, 2.75) is 71.1 Å². The van der Waals surface area contributed by atoms with Crippen LogP contribution in [-0.4, -0.2) is 5.54 Å². The molecule has 0 aromatic heterocycles. The van der Waals surface area contributed by atoms with Crippen LogP contribution in [0.15, 0.2) is 48.5 Å². The minimum Gasteiger partial charge on any atom is -0.489 e. The number of hydrogen-bond acceptors (Lipinski definition) is 2. The summed E-state index contributed by atoms with van der Waals surface area (Å²) in [6.07, 6.45) is 8.40. The van der Waals surface area contributed by atoms with Gasteiger partial charge in [-0.1, -0.05) is 55.8 Å². The van der Waals surface area contributed by atoms with Crippen LogP contribution in [0.1, 0.15) is 63.5 Å². The first-order chi connectivity index (χ1) is 13.8. The number of benzene rings is 2. The SMILES string of the molecule is C[C@]12CC3CC(NCc4ccc(OCc5ccccc5Cl)cc4)(C1)C[C@@](C)(C3)C2. The maximum absolute atomic E-state index is 6.22. The highest BCUT2D eigenvalue weighted by atomic mass is 35.5. The molecule has 2 unspecified atom stereocenters. The van der Waals surface area contributed by atoms with Crippen LogP contribution >= 0.6 is 11.6 Å². The van der Waals surface area contributed by atoms with Crippen LogP contribution in [0, 0.1) is 16.7 Å². The van der Waals surface area contributed by atoms with Crippen LogP contribution in [0.3, 0.4) is 0 Å². The summed E-state index contributed by atoms with van der Waals surface area (Å²) in [4.78, 5) is 0. The van der Waals surface area contributed by atoms with Crippen LogP contribution in [0.5, 0.6) is 5.75 Å². The normalized spacial score (nSPS) is 35.1. The third-order valence-electron chi connectivity index (χ3n) is 7.57. The van der Waals surface area contributed by atoms with Crippen molar-refractivity contribution < 1.29 is 4.74 Å². The Hall–Kier alpha value is -1.51. The Balaban J connectivity index is 1.20. The Labute approximate surface area is 180 Å². The second-order valence-corrected chi connectivity index (χ2v) is 11.2. The van der Waals surface area contributed by atoms with Gasteiger partial charge < -0.3 is 10.1 Å². The topological polar surface area (TPSA) is 21.3 Å². The molecule has 6 rings (SSSR count). The first kappa shape index (κ1) is 19.5. The molecule has 1 N–H and O–H groups in total. The minimum absolute atomic E-state index is 0.349. The molecule has 29 heavy (non-hydrogen) atoms. The molecule has 0 amide bonds. The molecular weight excluding hydrogens is 378 g/mol. The number of ether oxygens (including phenoxy) is 1. The van der Waals surface area contributed by atoms with Crippen molar-refractivity contribution in [1.29, 1.82) is 0 Å². The predicted molar refractivity (Wildman–Crippen MR) is 119 cm³/mol. The van der Waals surface area contributed by atoms with Gasteiger partial charge in [0.15, 0.2) is 0 Å². The van der Waals surface area contributed by atoms with Gasteiger partial charge in [-0.3, -0.25) is 0 Å². The van der Waals surface area contributed by atoms with Crippen molar-refractivity contribution in [3.8, 4) is 5.75 Å². The molecule has 0 spiro atoms. The predicted octanol–water partition coefficient (Wildman–Crippen LogP) is 6.76. The zero-order valence-electron chi connectivity index (χ0n) is 17.6. The van der Waals surface area contributed by atoms with E-state index in [1.807, 2.05) is 24.3 Å². The van der Waals surface area contributed by atoms with E-state index in [-0.39, 0.29) is 0 Å². The Morgan fingerprint density at radius 2 is 1.62 bits per heavy atom.